The van der Waals surface area contributed by atoms with Gasteiger partial charge in [-0.25, -0.2) is 0 Å². The maximum atomic E-state index is 11.5. The predicted octanol–water partition coefficient (Wildman–Crippen LogP) is 1.65. The molecule has 0 rings (SSSR count). The fourth-order valence-corrected chi connectivity index (χ4v) is 1.83. The Balaban J connectivity index is 3.14. The quantitative estimate of drug-likeness (QED) is 0.214. The van der Waals surface area contributed by atoms with Crippen LogP contribution in [0.1, 0.15) is 33.6 Å². The number of carbonyl (C=O) groups excluding carboxylic acids is 1. The van der Waals surface area contributed by atoms with E-state index in [1.807, 2.05) is 20.8 Å². The summed E-state index contributed by atoms with van der Waals surface area (Å²) in [6.07, 6.45) is 1.38. The summed E-state index contributed by atoms with van der Waals surface area (Å²) in [5.41, 5.74) is -0.0934. The van der Waals surface area contributed by atoms with Crippen LogP contribution in [0, 0.1) is 0 Å². The van der Waals surface area contributed by atoms with E-state index in [0.717, 1.165) is 0 Å². The molecule has 0 spiro atoms. The fourth-order valence-electron chi connectivity index (χ4n) is 1.72. The molecule has 1 amide bonds. The molecule has 25 heavy (non-hydrogen) atoms. The van der Waals surface area contributed by atoms with Gasteiger partial charge in [-0.2, -0.15) is 0 Å². The number of thiol groups is 1. The molecule has 1 unspecified atom stereocenters. The fraction of sp³-hybridized carbons (Fsp3) is 0.941. The lowest BCUT2D eigenvalue weighted by molar-refractivity contribution is -0.121. The van der Waals surface area contributed by atoms with Crippen molar-refractivity contribution in [2.45, 2.75) is 45.2 Å². The van der Waals surface area contributed by atoms with Gasteiger partial charge in [0, 0.05) is 19.6 Å². The molecule has 0 saturated carbocycles. The Morgan fingerprint density at radius 1 is 0.840 bits per heavy atom. The van der Waals surface area contributed by atoms with Crippen LogP contribution in [0.2, 0.25) is 0 Å². The van der Waals surface area contributed by atoms with Crippen LogP contribution in [-0.4, -0.2) is 76.8 Å². The Morgan fingerprint density at radius 2 is 1.40 bits per heavy atom. The molecule has 0 fully saturated rings. The topological polar surface area (TPSA) is 75.3 Å². The van der Waals surface area contributed by atoms with Crippen molar-refractivity contribution in [3.8, 4) is 0 Å². The molecule has 150 valence electrons. The molecule has 0 aliphatic heterocycles. The smallest absolute Gasteiger partial charge is 0.220 e. The lowest BCUT2D eigenvalue weighted by atomic mass is 10.3. The molecule has 1 N–H and O–H groups in total. The van der Waals surface area contributed by atoms with Crippen molar-refractivity contribution in [2.24, 2.45) is 0 Å². The van der Waals surface area contributed by atoms with Gasteiger partial charge >= 0.3 is 0 Å². The van der Waals surface area contributed by atoms with Crippen molar-refractivity contribution in [1.82, 2.24) is 5.32 Å². The Morgan fingerprint density at radius 3 is 1.96 bits per heavy atom. The molecule has 0 aliphatic carbocycles. The highest BCUT2D eigenvalue weighted by molar-refractivity contribution is 7.80. The van der Waals surface area contributed by atoms with Gasteiger partial charge in [0.2, 0.25) is 5.91 Å². The van der Waals surface area contributed by atoms with Gasteiger partial charge in [-0.1, -0.05) is 0 Å². The van der Waals surface area contributed by atoms with Gasteiger partial charge in [-0.05, 0) is 27.2 Å². The minimum Gasteiger partial charge on any atom is -0.377 e. The third-order valence-corrected chi connectivity index (χ3v) is 3.05. The molecule has 0 heterocycles. The van der Waals surface area contributed by atoms with Crippen molar-refractivity contribution < 1.29 is 28.5 Å². The van der Waals surface area contributed by atoms with E-state index in [0.29, 0.717) is 72.2 Å². The highest BCUT2D eigenvalue weighted by Crippen LogP contribution is 1.98. The molecule has 0 aromatic heterocycles. The van der Waals surface area contributed by atoms with Gasteiger partial charge in [0.1, 0.15) is 0 Å². The summed E-state index contributed by atoms with van der Waals surface area (Å²) in [7, 11) is 0. The molecule has 0 saturated heterocycles. The number of hydrogen-bond donors (Lipinski definition) is 2. The highest BCUT2D eigenvalue weighted by atomic mass is 32.1. The van der Waals surface area contributed by atoms with Gasteiger partial charge in [0.15, 0.2) is 0 Å². The maximum Gasteiger partial charge on any atom is 0.220 e. The number of nitrogens with one attached hydrogen (secondary N) is 1. The van der Waals surface area contributed by atoms with E-state index in [1.165, 1.54) is 0 Å². The van der Waals surface area contributed by atoms with Crippen molar-refractivity contribution >= 4 is 18.5 Å². The van der Waals surface area contributed by atoms with Gasteiger partial charge in [-0.15, -0.1) is 12.6 Å². The average Bonchev–Trinajstić information content (AvgIpc) is 2.55. The predicted molar refractivity (Wildman–Crippen MR) is 100 cm³/mol. The molecule has 0 radical (unpaired) electrons. The standard InChI is InChI=1S/C17H35NO6S/c1-15(2)23-14-13-22-12-11-21-10-9-20-8-6-18-17(19)5-4-7-24-16(3)25/h15-16,25H,4-14H2,1-3H3,(H,18,19). The number of ether oxygens (including phenoxy) is 5. The van der Waals surface area contributed by atoms with E-state index in [9.17, 15) is 4.79 Å². The molecule has 0 aliphatic rings. The van der Waals surface area contributed by atoms with E-state index in [4.69, 9.17) is 23.7 Å². The van der Waals surface area contributed by atoms with E-state index >= 15 is 0 Å². The van der Waals surface area contributed by atoms with Gasteiger partial charge in [-0.3, -0.25) is 4.79 Å². The summed E-state index contributed by atoms with van der Waals surface area (Å²) >= 11 is 4.10. The van der Waals surface area contributed by atoms with Crippen LogP contribution in [0.3, 0.4) is 0 Å². The number of amides is 1. The first-order chi connectivity index (χ1) is 12.0. The van der Waals surface area contributed by atoms with Crippen LogP contribution in [-0.2, 0) is 28.5 Å². The first kappa shape index (κ1) is 24.6. The van der Waals surface area contributed by atoms with Crippen LogP contribution in [0.5, 0.6) is 0 Å². The number of hydrogen-bond acceptors (Lipinski definition) is 7. The van der Waals surface area contributed by atoms with E-state index < -0.39 is 0 Å². The van der Waals surface area contributed by atoms with Crippen molar-refractivity contribution in [3.05, 3.63) is 0 Å². The molecular formula is C17H35NO6S. The van der Waals surface area contributed by atoms with Gasteiger partial charge in [0.25, 0.3) is 0 Å². The molecule has 1 atom stereocenters. The minimum absolute atomic E-state index is 0.00821. The van der Waals surface area contributed by atoms with E-state index in [2.05, 4.69) is 17.9 Å². The Hall–Kier alpha value is -0.380. The molecule has 0 aromatic carbocycles. The van der Waals surface area contributed by atoms with Crippen molar-refractivity contribution in [3.63, 3.8) is 0 Å². The van der Waals surface area contributed by atoms with Gasteiger partial charge < -0.3 is 29.0 Å². The number of carbonyl (C=O) groups is 1. The van der Waals surface area contributed by atoms with E-state index in [-0.39, 0.29) is 17.4 Å². The summed E-state index contributed by atoms with van der Waals surface area (Å²) in [5.74, 6) is 0.00821. The summed E-state index contributed by atoms with van der Waals surface area (Å²) < 4.78 is 26.7. The zero-order valence-electron chi connectivity index (χ0n) is 15.8. The second kappa shape index (κ2) is 18.4. The summed E-state index contributed by atoms with van der Waals surface area (Å²) in [4.78, 5) is 11.5. The molecule has 8 heteroatoms. The third kappa shape index (κ3) is 21.6. The van der Waals surface area contributed by atoms with Crippen LogP contribution in [0.4, 0.5) is 0 Å². The molecular weight excluding hydrogens is 346 g/mol. The van der Waals surface area contributed by atoms with Crippen LogP contribution < -0.4 is 5.32 Å². The largest absolute Gasteiger partial charge is 0.377 e. The Bertz CT molecular complexity index is 305. The monoisotopic (exact) mass is 381 g/mol. The van der Waals surface area contributed by atoms with E-state index in [1.54, 1.807) is 0 Å². The molecule has 7 nitrogen and oxygen atoms in total. The molecule has 0 aromatic rings. The SMILES string of the molecule is CC(C)OCCOCCOCCOCCNC(=O)CCCOC(C)S. The summed E-state index contributed by atoms with van der Waals surface area (Å²) in [6.45, 7) is 10.6. The second-order valence-electron chi connectivity index (χ2n) is 5.68. The Labute approximate surface area is 157 Å². The van der Waals surface area contributed by atoms with Crippen molar-refractivity contribution in [1.29, 1.82) is 0 Å². The Kier molecular flexibility index (Phi) is 18.1. The minimum atomic E-state index is -0.0934. The van der Waals surface area contributed by atoms with Crippen LogP contribution >= 0.6 is 12.6 Å². The zero-order chi connectivity index (χ0) is 18.8. The zero-order valence-corrected chi connectivity index (χ0v) is 16.7. The first-order valence-corrected chi connectivity index (χ1v) is 9.45. The summed E-state index contributed by atoms with van der Waals surface area (Å²) in [5, 5.41) is 2.80. The number of rotatable bonds is 18. The van der Waals surface area contributed by atoms with Crippen LogP contribution in [0.25, 0.3) is 0 Å². The maximum absolute atomic E-state index is 11.5. The van der Waals surface area contributed by atoms with Gasteiger partial charge in [0.05, 0.1) is 57.8 Å². The second-order valence-corrected chi connectivity index (χ2v) is 6.41. The average molecular weight is 382 g/mol. The summed E-state index contributed by atoms with van der Waals surface area (Å²) in [6, 6.07) is 0. The first-order valence-electron chi connectivity index (χ1n) is 8.93. The normalized spacial score (nSPS) is 12.5. The van der Waals surface area contributed by atoms with Crippen LogP contribution in [0.15, 0.2) is 0 Å². The van der Waals surface area contributed by atoms with Crippen molar-refractivity contribution in [2.75, 3.05) is 59.4 Å². The lowest BCUT2D eigenvalue weighted by Crippen LogP contribution is -2.27. The highest BCUT2D eigenvalue weighted by Gasteiger charge is 2.01. The lowest BCUT2D eigenvalue weighted by Gasteiger charge is -2.09. The third-order valence-electron chi connectivity index (χ3n) is 2.90. The molecule has 0 bridgehead atoms.